The van der Waals surface area contributed by atoms with E-state index < -0.39 is 0 Å². The summed E-state index contributed by atoms with van der Waals surface area (Å²) in [5.74, 6) is 0. The standard InChI is InChI=1S/C13H7IN2S/c14-16-7-15-12-10(16)6-5-9-8-3-1-2-4-11(8)17-13(9)12/h1-7H. The summed E-state index contributed by atoms with van der Waals surface area (Å²) in [7, 11) is 0. The molecule has 0 N–H and O–H groups in total. The maximum absolute atomic E-state index is 4.51. The van der Waals surface area contributed by atoms with Crippen LogP contribution in [0.15, 0.2) is 42.7 Å². The summed E-state index contributed by atoms with van der Waals surface area (Å²) in [4.78, 5) is 4.51. The molecule has 0 aliphatic heterocycles. The number of imidazole rings is 1. The minimum absolute atomic E-state index is 1.11. The molecule has 82 valence electrons. The Morgan fingerprint density at radius 3 is 2.88 bits per heavy atom. The van der Waals surface area contributed by atoms with Crippen molar-refractivity contribution in [3.63, 3.8) is 0 Å². The van der Waals surface area contributed by atoms with E-state index in [0.717, 1.165) is 5.52 Å². The van der Waals surface area contributed by atoms with Crippen molar-refractivity contribution in [2.24, 2.45) is 0 Å². The van der Waals surface area contributed by atoms with Gasteiger partial charge in [-0.3, -0.25) is 2.78 Å². The second-order valence-electron chi connectivity index (χ2n) is 3.96. The lowest BCUT2D eigenvalue weighted by Gasteiger charge is -1.93. The second-order valence-corrected chi connectivity index (χ2v) is 6.06. The van der Waals surface area contributed by atoms with Gasteiger partial charge in [-0.1, -0.05) is 24.3 Å². The van der Waals surface area contributed by atoms with Gasteiger partial charge in [-0.05, 0) is 12.1 Å². The summed E-state index contributed by atoms with van der Waals surface area (Å²) in [6.45, 7) is 0. The zero-order valence-electron chi connectivity index (χ0n) is 8.72. The van der Waals surface area contributed by atoms with Crippen LogP contribution in [0.25, 0.3) is 31.2 Å². The molecular weight excluding hydrogens is 343 g/mol. The predicted molar refractivity (Wildman–Crippen MR) is 82.0 cm³/mol. The van der Waals surface area contributed by atoms with Crippen LogP contribution in [0.5, 0.6) is 0 Å². The fourth-order valence-electron chi connectivity index (χ4n) is 2.23. The van der Waals surface area contributed by atoms with Crippen molar-refractivity contribution in [2.45, 2.75) is 0 Å². The summed E-state index contributed by atoms with van der Waals surface area (Å²) in [5.41, 5.74) is 2.29. The Bertz CT molecular complexity index is 860. The number of hydrogen-bond acceptors (Lipinski definition) is 2. The number of hydrogen-bond donors (Lipinski definition) is 0. The van der Waals surface area contributed by atoms with Gasteiger partial charge >= 0.3 is 0 Å². The van der Waals surface area contributed by atoms with Gasteiger partial charge in [-0.15, -0.1) is 11.3 Å². The maximum Gasteiger partial charge on any atom is 0.107 e. The van der Waals surface area contributed by atoms with Crippen LogP contribution in [0, 0.1) is 0 Å². The number of fused-ring (bicyclic) bond motifs is 5. The second kappa shape index (κ2) is 3.43. The molecule has 0 aliphatic carbocycles. The van der Waals surface area contributed by atoms with E-state index in [0.29, 0.717) is 0 Å². The molecule has 0 spiro atoms. The molecule has 0 fully saturated rings. The Morgan fingerprint density at radius 2 is 1.94 bits per heavy atom. The van der Waals surface area contributed by atoms with Crippen LogP contribution in [-0.2, 0) is 0 Å². The Kier molecular flexibility index (Phi) is 1.99. The van der Waals surface area contributed by atoms with E-state index in [2.05, 4.69) is 64.2 Å². The minimum atomic E-state index is 1.11. The fraction of sp³-hybridized carbons (Fsp3) is 0. The average Bonchev–Trinajstić information content (AvgIpc) is 2.90. The number of benzene rings is 2. The van der Waals surface area contributed by atoms with Crippen molar-refractivity contribution in [1.82, 2.24) is 7.76 Å². The molecule has 4 aromatic rings. The van der Waals surface area contributed by atoms with E-state index in [-0.39, 0.29) is 0 Å². The Labute approximate surface area is 115 Å². The van der Waals surface area contributed by atoms with Gasteiger partial charge in [0.15, 0.2) is 0 Å². The Morgan fingerprint density at radius 1 is 1.06 bits per heavy atom. The highest BCUT2D eigenvalue weighted by atomic mass is 127. The third-order valence-electron chi connectivity index (χ3n) is 3.02. The van der Waals surface area contributed by atoms with Crippen LogP contribution >= 0.6 is 34.2 Å². The molecular formula is C13H7IN2S. The van der Waals surface area contributed by atoms with Crippen molar-refractivity contribution in [1.29, 1.82) is 0 Å². The van der Waals surface area contributed by atoms with E-state index in [1.807, 2.05) is 20.4 Å². The molecule has 0 saturated carbocycles. The molecule has 0 radical (unpaired) electrons. The smallest absolute Gasteiger partial charge is 0.107 e. The van der Waals surface area contributed by atoms with Gasteiger partial charge in [0, 0.05) is 15.5 Å². The van der Waals surface area contributed by atoms with Crippen molar-refractivity contribution in [2.75, 3.05) is 0 Å². The molecule has 4 heteroatoms. The number of halogens is 1. The Balaban J connectivity index is 2.34. The maximum atomic E-state index is 4.51. The van der Waals surface area contributed by atoms with Crippen LogP contribution in [0.1, 0.15) is 0 Å². The number of rotatable bonds is 0. The van der Waals surface area contributed by atoms with E-state index in [9.17, 15) is 0 Å². The fourth-order valence-corrected chi connectivity index (χ4v) is 3.94. The molecule has 4 rings (SSSR count). The quantitative estimate of drug-likeness (QED) is 0.424. The zero-order chi connectivity index (χ0) is 11.4. The highest BCUT2D eigenvalue weighted by Gasteiger charge is 2.10. The lowest BCUT2D eigenvalue weighted by Crippen LogP contribution is -1.74. The zero-order valence-corrected chi connectivity index (χ0v) is 11.7. The summed E-state index contributed by atoms with van der Waals surface area (Å²) in [6, 6.07) is 12.9. The van der Waals surface area contributed by atoms with Gasteiger partial charge in [0.1, 0.15) is 11.8 Å². The van der Waals surface area contributed by atoms with Crippen molar-refractivity contribution in [3.8, 4) is 0 Å². The number of thiophene rings is 1. The summed E-state index contributed by atoms with van der Waals surface area (Å²) in [5, 5.41) is 2.64. The first-order valence-electron chi connectivity index (χ1n) is 5.28. The van der Waals surface area contributed by atoms with Gasteiger partial charge in [-0.2, -0.15) is 0 Å². The first-order chi connectivity index (χ1) is 8.34. The predicted octanol–water partition coefficient (Wildman–Crippen LogP) is 4.60. The van der Waals surface area contributed by atoms with Crippen LogP contribution in [0.3, 0.4) is 0 Å². The highest BCUT2D eigenvalue weighted by Crippen LogP contribution is 2.37. The Hall–Kier alpha value is -1.14. The van der Waals surface area contributed by atoms with E-state index in [1.165, 1.54) is 25.7 Å². The molecule has 0 unspecified atom stereocenters. The van der Waals surface area contributed by atoms with E-state index in [1.54, 1.807) is 0 Å². The van der Waals surface area contributed by atoms with E-state index in [4.69, 9.17) is 0 Å². The minimum Gasteiger partial charge on any atom is -0.271 e. The summed E-state index contributed by atoms with van der Waals surface area (Å²) in [6.07, 6.45) is 1.87. The first-order valence-corrected chi connectivity index (χ1v) is 7.06. The molecule has 0 bridgehead atoms. The van der Waals surface area contributed by atoms with Crippen LogP contribution in [-0.4, -0.2) is 7.76 Å². The van der Waals surface area contributed by atoms with Crippen LogP contribution in [0.4, 0.5) is 0 Å². The van der Waals surface area contributed by atoms with Gasteiger partial charge in [-0.25, -0.2) is 4.98 Å². The number of aromatic nitrogens is 2. The molecule has 2 aromatic heterocycles. The molecule has 17 heavy (non-hydrogen) atoms. The summed E-state index contributed by atoms with van der Waals surface area (Å²) < 4.78 is 4.66. The molecule has 2 nitrogen and oxygen atoms in total. The average molecular weight is 350 g/mol. The van der Waals surface area contributed by atoms with Crippen LogP contribution in [0.2, 0.25) is 0 Å². The number of nitrogens with zero attached hydrogens (tertiary/aromatic N) is 2. The topological polar surface area (TPSA) is 17.8 Å². The molecule has 0 amide bonds. The lowest BCUT2D eigenvalue weighted by atomic mass is 10.1. The van der Waals surface area contributed by atoms with Crippen molar-refractivity contribution >= 4 is 65.4 Å². The van der Waals surface area contributed by atoms with Gasteiger partial charge in [0.05, 0.1) is 33.1 Å². The van der Waals surface area contributed by atoms with Gasteiger partial charge < -0.3 is 0 Å². The van der Waals surface area contributed by atoms with Crippen molar-refractivity contribution in [3.05, 3.63) is 42.7 Å². The molecule has 2 heterocycles. The SMILES string of the molecule is In1cnc2c3sc4ccccc4c3ccc21. The normalized spacial score (nSPS) is 11.8. The van der Waals surface area contributed by atoms with Crippen molar-refractivity contribution < 1.29 is 0 Å². The van der Waals surface area contributed by atoms with Gasteiger partial charge in [0.25, 0.3) is 0 Å². The van der Waals surface area contributed by atoms with E-state index >= 15 is 0 Å². The molecule has 0 saturated heterocycles. The van der Waals surface area contributed by atoms with Gasteiger partial charge in [0.2, 0.25) is 0 Å². The monoisotopic (exact) mass is 350 g/mol. The molecule has 2 aromatic carbocycles. The largest absolute Gasteiger partial charge is 0.271 e. The van der Waals surface area contributed by atoms with Crippen LogP contribution < -0.4 is 0 Å². The summed E-state index contributed by atoms with van der Waals surface area (Å²) >= 11 is 4.09. The third-order valence-corrected chi connectivity index (χ3v) is 4.98. The first kappa shape index (κ1) is 9.85. The third kappa shape index (κ3) is 1.28. The molecule has 0 atom stereocenters. The lowest BCUT2D eigenvalue weighted by molar-refractivity contribution is 1.32. The molecule has 0 aliphatic rings. The highest BCUT2D eigenvalue weighted by molar-refractivity contribution is 14.1.